The Morgan fingerprint density at radius 3 is 2.27 bits per heavy atom. The summed E-state index contributed by atoms with van der Waals surface area (Å²) in [6.07, 6.45) is -4.53. The molecule has 2 N–H and O–H groups in total. The van der Waals surface area contributed by atoms with Gasteiger partial charge in [0.25, 0.3) is 0 Å². The Morgan fingerprint density at radius 2 is 1.60 bits per heavy atom. The molecule has 0 aliphatic carbocycles. The number of aryl methyl sites for hydroxylation is 1. The first-order chi connectivity index (χ1) is 13.9. The van der Waals surface area contributed by atoms with Crippen LogP contribution in [0.4, 0.5) is 24.9 Å². The Hall–Kier alpha value is -3.75. The first-order valence-corrected chi connectivity index (χ1v) is 8.67. The van der Waals surface area contributed by atoms with Gasteiger partial charge in [-0.3, -0.25) is 5.10 Å². The lowest BCUT2D eigenvalue weighted by Gasteiger charge is -2.14. The van der Waals surface area contributed by atoms with Crippen molar-refractivity contribution < 1.29 is 13.2 Å². The fraction of sp³-hybridized carbons (Fsp3) is 0.143. The van der Waals surface area contributed by atoms with Crippen molar-refractivity contribution >= 4 is 11.8 Å². The third-order valence-corrected chi connectivity index (χ3v) is 4.11. The summed E-state index contributed by atoms with van der Waals surface area (Å²) in [7, 11) is 0. The molecule has 0 spiro atoms. The van der Waals surface area contributed by atoms with E-state index in [2.05, 4.69) is 30.5 Å². The zero-order valence-electron chi connectivity index (χ0n) is 15.2. The Balaban J connectivity index is 0.00000256. The molecular formula is C21H19F3N6. The van der Waals surface area contributed by atoms with Gasteiger partial charge in [-0.25, -0.2) is 9.97 Å². The van der Waals surface area contributed by atoms with Crippen LogP contribution in [0, 0.1) is 6.92 Å². The summed E-state index contributed by atoms with van der Waals surface area (Å²) in [5.41, 5.74) is 0.314. The summed E-state index contributed by atoms with van der Waals surface area (Å²) in [4.78, 5) is 12.8. The molecule has 0 unspecified atom stereocenters. The van der Waals surface area contributed by atoms with Gasteiger partial charge >= 0.3 is 6.18 Å². The van der Waals surface area contributed by atoms with Crippen LogP contribution in [-0.2, 0) is 6.18 Å². The van der Waals surface area contributed by atoms with Gasteiger partial charge < -0.3 is 5.32 Å². The van der Waals surface area contributed by atoms with Gasteiger partial charge in [0.05, 0.1) is 11.3 Å². The molecule has 0 fully saturated rings. The lowest BCUT2D eigenvalue weighted by Crippen LogP contribution is -2.09. The van der Waals surface area contributed by atoms with E-state index in [0.717, 1.165) is 11.6 Å². The third kappa shape index (κ3) is 4.45. The van der Waals surface area contributed by atoms with Gasteiger partial charge in [0.1, 0.15) is 11.6 Å². The Bertz CT molecular complexity index is 1140. The first-order valence-electron chi connectivity index (χ1n) is 8.67. The van der Waals surface area contributed by atoms with Crippen LogP contribution in [0.5, 0.6) is 0 Å². The molecule has 9 heteroatoms. The average molecular weight is 412 g/mol. The molecule has 4 aromatic rings. The molecule has 30 heavy (non-hydrogen) atoms. The zero-order valence-corrected chi connectivity index (χ0v) is 15.2. The van der Waals surface area contributed by atoms with Gasteiger partial charge in [-0.1, -0.05) is 56.0 Å². The van der Waals surface area contributed by atoms with E-state index in [1.165, 1.54) is 18.2 Å². The molecule has 0 aliphatic heterocycles. The van der Waals surface area contributed by atoms with E-state index >= 15 is 0 Å². The quantitative estimate of drug-likeness (QED) is 0.454. The molecule has 0 amide bonds. The Labute approximate surface area is 171 Å². The molecule has 0 radical (unpaired) electrons. The minimum absolute atomic E-state index is 0. The van der Waals surface area contributed by atoms with Crippen molar-refractivity contribution in [2.24, 2.45) is 0 Å². The summed E-state index contributed by atoms with van der Waals surface area (Å²) in [6, 6.07) is 16.0. The smallest absolute Gasteiger partial charge is 0.307 e. The van der Waals surface area contributed by atoms with Crippen LogP contribution in [0.15, 0.2) is 60.7 Å². The Morgan fingerprint density at radius 1 is 0.900 bits per heavy atom. The topological polar surface area (TPSA) is 79.4 Å². The first kappa shape index (κ1) is 21.0. The number of nitrogens with one attached hydrogen (secondary N) is 2. The fourth-order valence-corrected chi connectivity index (χ4v) is 2.83. The number of benzene rings is 2. The summed E-state index contributed by atoms with van der Waals surface area (Å²) < 4.78 is 40.5. The second-order valence-electron chi connectivity index (χ2n) is 6.24. The average Bonchev–Trinajstić information content (AvgIpc) is 3.12. The largest absolute Gasteiger partial charge is 0.417 e. The molecular weight excluding hydrogens is 393 g/mol. The van der Waals surface area contributed by atoms with Gasteiger partial charge in [-0.2, -0.15) is 18.2 Å². The number of halogens is 3. The maximum absolute atomic E-state index is 13.5. The number of aromatic nitrogens is 5. The van der Waals surface area contributed by atoms with Gasteiger partial charge in [0, 0.05) is 17.2 Å². The number of alkyl halides is 3. The highest BCUT2D eigenvalue weighted by Gasteiger charge is 2.34. The van der Waals surface area contributed by atoms with Crippen LogP contribution in [0.25, 0.3) is 22.6 Å². The third-order valence-electron chi connectivity index (χ3n) is 4.11. The highest BCUT2D eigenvalue weighted by atomic mass is 19.4. The minimum atomic E-state index is -4.53. The standard InChI is InChI=1S/C20H15F3N6.CH4/c1-12-24-19(29-28-12)27-17-11-16(13-7-3-2-4-8-13)25-18(26-17)14-9-5-6-10-15(14)20(21,22)23;/h2-11H,1H3,(H2,24,25,26,27,28,29);1H4. The second kappa shape index (κ2) is 8.32. The highest BCUT2D eigenvalue weighted by Crippen LogP contribution is 2.36. The predicted molar refractivity (Wildman–Crippen MR) is 109 cm³/mol. The maximum atomic E-state index is 13.5. The molecule has 0 aliphatic rings. The molecule has 0 atom stereocenters. The van der Waals surface area contributed by atoms with Crippen LogP contribution in [0.1, 0.15) is 18.8 Å². The lowest BCUT2D eigenvalue weighted by molar-refractivity contribution is -0.137. The number of nitrogens with zero attached hydrogens (tertiary/aromatic N) is 4. The van der Waals surface area contributed by atoms with E-state index in [1.54, 1.807) is 13.0 Å². The molecule has 0 bridgehead atoms. The van der Waals surface area contributed by atoms with E-state index < -0.39 is 11.7 Å². The van der Waals surface area contributed by atoms with E-state index in [0.29, 0.717) is 11.5 Å². The number of rotatable bonds is 4. The number of H-pyrrole nitrogens is 1. The second-order valence-corrected chi connectivity index (χ2v) is 6.24. The number of hydrogen-bond donors (Lipinski definition) is 2. The molecule has 0 saturated carbocycles. The fourth-order valence-electron chi connectivity index (χ4n) is 2.83. The van der Waals surface area contributed by atoms with Gasteiger partial charge in [0.15, 0.2) is 5.82 Å². The van der Waals surface area contributed by atoms with Crippen molar-refractivity contribution in [2.75, 3.05) is 5.32 Å². The number of anilines is 2. The molecule has 0 saturated heterocycles. The monoisotopic (exact) mass is 412 g/mol. The number of hydrogen-bond acceptors (Lipinski definition) is 5. The van der Waals surface area contributed by atoms with Gasteiger partial charge in [-0.15, -0.1) is 5.10 Å². The molecule has 2 heterocycles. The van der Waals surface area contributed by atoms with Crippen molar-refractivity contribution in [3.8, 4) is 22.6 Å². The summed E-state index contributed by atoms with van der Waals surface area (Å²) >= 11 is 0. The van der Waals surface area contributed by atoms with Crippen LogP contribution in [-0.4, -0.2) is 25.1 Å². The molecule has 4 rings (SSSR count). The minimum Gasteiger partial charge on any atom is -0.307 e. The molecule has 154 valence electrons. The normalized spacial score (nSPS) is 11.1. The van der Waals surface area contributed by atoms with E-state index in [9.17, 15) is 13.2 Å². The summed E-state index contributed by atoms with van der Waals surface area (Å²) in [5.74, 6) is 1.08. The van der Waals surface area contributed by atoms with Crippen molar-refractivity contribution in [3.63, 3.8) is 0 Å². The van der Waals surface area contributed by atoms with E-state index in [-0.39, 0.29) is 30.6 Å². The summed E-state index contributed by atoms with van der Waals surface area (Å²) in [5, 5.41) is 9.60. The SMILES string of the molecule is C.Cc1nc(Nc2cc(-c3ccccc3)nc(-c3ccccc3C(F)(F)F)n2)n[nH]1. The Kier molecular flexibility index (Phi) is 5.81. The number of aromatic amines is 1. The van der Waals surface area contributed by atoms with Gasteiger partial charge in [-0.05, 0) is 13.0 Å². The summed E-state index contributed by atoms with van der Waals surface area (Å²) in [6.45, 7) is 1.73. The van der Waals surface area contributed by atoms with Gasteiger partial charge in [0.2, 0.25) is 5.95 Å². The van der Waals surface area contributed by atoms with Crippen LogP contribution in [0.3, 0.4) is 0 Å². The van der Waals surface area contributed by atoms with E-state index in [1.807, 2.05) is 30.3 Å². The maximum Gasteiger partial charge on any atom is 0.417 e. The van der Waals surface area contributed by atoms with Crippen LogP contribution in [0.2, 0.25) is 0 Å². The van der Waals surface area contributed by atoms with Crippen molar-refractivity contribution in [2.45, 2.75) is 20.5 Å². The van der Waals surface area contributed by atoms with Crippen molar-refractivity contribution in [1.29, 1.82) is 0 Å². The molecule has 6 nitrogen and oxygen atoms in total. The van der Waals surface area contributed by atoms with Crippen LogP contribution < -0.4 is 5.32 Å². The van der Waals surface area contributed by atoms with Crippen LogP contribution >= 0.6 is 0 Å². The molecule has 2 aromatic heterocycles. The zero-order chi connectivity index (χ0) is 20.4. The predicted octanol–water partition coefficient (Wildman–Crippen LogP) is 5.64. The lowest BCUT2D eigenvalue weighted by atomic mass is 10.1. The van der Waals surface area contributed by atoms with Crippen molar-refractivity contribution in [3.05, 3.63) is 72.1 Å². The van der Waals surface area contributed by atoms with E-state index in [4.69, 9.17) is 0 Å². The highest BCUT2D eigenvalue weighted by molar-refractivity contribution is 5.70. The molecule has 2 aromatic carbocycles. The van der Waals surface area contributed by atoms with Crippen molar-refractivity contribution in [1.82, 2.24) is 25.1 Å².